The maximum atomic E-state index is 11.7. The van der Waals surface area contributed by atoms with E-state index in [0.29, 0.717) is 11.7 Å². The average molecular weight is 240 g/mol. The van der Waals surface area contributed by atoms with Gasteiger partial charge in [-0.15, -0.1) is 0 Å². The molecular formula is C16H16O2. The fourth-order valence-corrected chi connectivity index (χ4v) is 2.74. The molecule has 0 spiro atoms. The van der Waals surface area contributed by atoms with E-state index in [-0.39, 0.29) is 5.63 Å². The van der Waals surface area contributed by atoms with E-state index in [0.717, 1.165) is 11.1 Å². The lowest BCUT2D eigenvalue weighted by Gasteiger charge is -2.09. The molecule has 1 aliphatic rings. The molecule has 0 amide bonds. The van der Waals surface area contributed by atoms with Crippen LogP contribution in [0.1, 0.15) is 37.2 Å². The number of benzene rings is 1. The molecule has 1 fully saturated rings. The summed E-state index contributed by atoms with van der Waals surface area (Å²) in [7, 11) is 0. The Labute approximate surface area is 106 Å². The van der Waals surface area contributed by atoms with E-state index in [4.69, 9.17) is 4.42 Å². The molecule has 2 aromatic rings. The molecule has 3 rings (SSSR count). The first-order chi connectivity index (χ1) is 8.83. The van der Waals surface area contributed by atoms with Crippen LogP contribution < -0.4 is 5.63 Å². The second-order valence-electron chi connectivity index (χ2n) is 4.92. The zero-order valence-electron chi connectivity index (χ0n) is 10.3. The highest BCUT2D eigenvalue weighted by atomic mass is 16.4. The molecule has 2 heteroatoms. The van der Waals surface area contributed by atoms with Crippen LogP contribution in [0.5, 0.6) is 0 Å². The molecule has 0 radical (unpaired) electrons. The van der Waals surface area contributed by atoms with Crippen molar-refractivity contribution >= 4 is 0 Å². The van der Waals surface area contributed by atoms with Crippen LogP contribution in [-0.4, -0.2) is 0 Å². The Bertz CT molecular complexity index is 578. The third-order valence-corrected chi connectivity index (χ3v) is 3.68. The van der Waals surface area contributed by atoms with Crippen LogP contribution in [0.3, 0.4) is 0 Å². The zero-order valence-corrected chi connectivity index (χ0v) is 10.3. The minimum atomic E-state index is -0.238. The van der Waals surface area contributed by atoms with Gasteiger partial charge < -0.3 is 4.42 Å². The summed E-state index contributed by atoms with van der Waals surface area (Å²) in [6.07, 6.45) is 4.92. The van der Waals surface area contributed by atoms with Crippen LogP contribution in [0.2, 0.25) is 0 Å². The van der Waals surface area contributed by atoms with Crippen LogP contribution >= 0.6 is 0 Å². The standard InChI is InChI=1S/C16H16O2/c17-16-11-14(12-6-4-5-7-12)10-15(18-16)13-8-2-1-3-9-13/h1-3,8-12H,4-7H2. The first kappa shape index (κ1) is 11.3. The van der Waals surface area contributed by atoms with Crippen molar-refractivity contribution in [3.63, 3.8) is 0 Å². The molecule has 0 unspecified atom stereocenters. The Morgan fingerprint density at radius 1 is 1.00 bits per heavy atom. The number of hydrogen-bond donors (Lipinski definition) is 0. The van der Waals surface area contributed by atoms with Gasteiger partial charge in [0, 0.05) is 11.6 Å². The molecule has 2 nitrogen and oxygen atoms in total. The van der Waals surface area contributed by atoms with E-state index in [1.54, 1.807) is 6.07 Å². The molecule has 92 valence electrons. The van der Waals surface area contributed by atoms with Crippen molar-refractivity contribution in [2.75, 3.05) is 0 Å². The second kappa shape index (κ2) is 4.81. The van der Waals surface area contributed by atoms with E-state index >= 15 is 0 Å². The zero-order chi connectivity index (χ0) is 12.4. The molecule has 0 saturated heterocycles. The van der Waals surface area contributed by atoms with Crippen molar-refractivity contribution in [1.29, 1.82) is 0 Å². The highest BCUT2D eigenvalue weighted by Gasteiger charge is 2.18. The van der Waals surface area contributed by atoms with Gasteiger partial charge in [0.15, 0.2) is 0 Å². The molecule has 0 aliphatic heterocycles. The van der Waals surface area contributed by atoms with Gasteiger partial charge in [-0.2, -0.15) is 0 Å². The van der Waals surface area contributed by atoms with Gasteiger partial charge in [-0.05, 0) is 30.4 Å². The molecular weight excluding hydrogens is 224 g/mol. The Hall–Kier alpha value is -1.83. The Morgan fingerprint density at radius 3 is 2.44 bits per heavy atom. The maximum absolute atomic E-state index is 11.7. The lowest BCUT2D eigenvalue weighted by atomic mass is 9.97. The molecule has 1 aromatic carbocycles. The minimum absolute atomic E-state index is 0.238. The van der Waals surface area contributed by atoms with Gasteiger partial charge in [0.2, 0.25) is 0 Å². The van der Waals surface area contributed by atoms with Crippen LogP contribution in [0.25, 0.3) is 11.3 Å². The largest absolute Gasteiger partial charge is 0.423 e. The summed E-state index contributed by atoms with van der Waals surface area (Å²) in [5.74, 6) is 1.22. The second-order valence-corrected chi connectivity index (χ2v) is 4.92. The highest BCUT2D eigenvalue weighted by Crippen LogP contribution is 2.34. The number of rotatable bonds is 2. The third kappa shape index (κ3) is 2.23. The Morgan fingerprint density at radius 2 is 1.72 bits per heavy atom. The monoisotopic (exact) mass is 240 g/mol. The van der Waals surface area contributed by atoms with Crippen LogP contribution in [-0.2, 0) is 0 Å². The topological polar surface area (TPSA) is 30.2 Å². The molecule has 0 N–H and O–H groups in total. The van der Waals surface area contributed by atoms with Crippen LogP contribution in [0, 0.1) is 0 Å². The van der Waals surface area contributed by atoms with Crippen LogP contribution in [0.15, 0.2) is 51.7 Å². The fourth-order valence-electron chi connectivity index (χ4n) is 2.74. The summed E-state index contributed by atoms with van der Waals surface area (Å²) in [5.41, 5.74) is 1.87. The predicted molar refractivity (Wildman–Crippen MR) is 71.6 cm³/mol. The van der Waals surface area contributed by atoms with Crippen molar-refractivity contribution in [2.45, 2.75) is 31.6 Å². The molecule has 18 heavy (non-hydrogen) atoms. The molecule has 0 atom stereocenters. The average Bonchev–Trinajstić information content (AvgIpc) is 2.93. The first-order valence-corrected chi connectivity index (χ1v) is 6.53. The summed E-state index contributed by atoms with van der Waals surface area (Å²) in [6.45, 7) is 0. The minimum Gasteiger partial charge on any atom is -0.423 e. The van der Waals surface area contributed by atoms with Gasteiger partial charge >= 0.3 is 5.63 Å². The Kier molecular flexibility index (Phi) is 3.01. The molecule has 1 heterocycles. The van der Waals surface area contributed by atoms with Crippen LogP contribution in [0.4, 0.5) is 0 Å². The lowest BCUT2D eigenvalue weighted by Crippen LogP contribution is -2.03. The normalized spacial score (nSPS) is 16.0. The smallest absolute Gasteiger partial charge is 0.336 e. The summed E-state index contributed by atoms with van der Waals surface area (Å²) in [4.78, 5) is 11.7. The van der Waals surface area contributed by atoms with E-state index < -0.39 is 0 Å². The maximum Gasteiger partial charge on any atom is 0.336 e. The summed E-state index contributed by atoms with van der Waals surface area (Å²) in [5, 5.41) is 0. The van der Waals surface area contributed by atoms with Gasteiger partial charge in [-0.3, -0.25) is 0 Å². The third-order valence-electron chi connectivity index (χ3n) is 3.68. The lowest BCUT2D eigenvalue weighted by molar-refractivity contribution is 0.519. The van der Waals surface area contributed by atoms with Gasteiger partial charge in [0.25, 0.3) is 0 Å². The molecule has 1 saturated carbocycles. The molecule has 0 bridgehead atoms. The predicted octanol–water partition coefficient (Wildman–Crippen LogP) is 3.96. The van der Waals surface area contributed by atoms with Crippen molar-refractivity contribution in [1.82, 2.24) is 0 Å². The van der Waals surface area contributed by atoms with E-state index in [2.05, 4.69) is 0 Å². The quantitative estimate of drug-likeness (QED) is 0.795. The van der Waals surface area contributed by atoms with E-state index in [1.165, 1.54) is 25.7 Å². The molecule has 1 aromatic heterocycles. The number of hydrogen-bond acceptors (Lipinski definition) is 2. The summed E-state index contributed by atoms with van der Waals surface area (Å²) >= 11 is 0. The summed E-state index contributed by atoms with van der Waals surface area (Å²) < 4.78 is 5.31. The van der Waals surface area contributed by atoms with Gasteiger partial charge in [0.05, 0.1) is 0 Å². The van der Waals surface area contributed by atoms with Gasteiger partial charge in [-0.1, -0.05) is 43.2 Å². The Balaban J connectivity index is 2.03. The fraction of sp³-hybridized carbons (Fsp3) is 0.312. The van der Waals surface area contributed by atoms with Crippen molar-refractivity contribution in [2.24, 2.45) is 0 Å². The van der Waals surface area contributed by atoms with Gasteiger partial charge in [0.1, 0.15) is 5.76 Å². The summed E-state index contributed by atoms with van der Waals surface area (Å²) in [6, 6.07) is 13.5. The SMILES string of the molecule is O=c1cc(C2CCCC2)cc(-c2ccccc2)o1. The highest BCUT2D eigenvalue weighted by molar-refractivity contribution is 5.57. The first-order valence-electron chi connectivity index (χ1n) is 6.53. The molecule has 1 aliphatic carbocycles. The van der Waals surface area contributed by atoms with Crippen molar-refractivity contribution < 1.29 is 4.42 Å². The van der Waals surface area contributed by atoms with E-state index in [9.17, 15) is 4.79 Å². The van der Waals surface area contributed by atoms with E-state index in [1.807, 2.05) is 36.4 Å². The van der Waals surface area contributed by atoms with Crippen molar-refractivity contribution in [3.8, 4) is 11.3 Å². The van der Waals surface area contributed by atoms with Gasteiger partial charge in [-0.25, -0.2) is 4.79 Å². The van der Waals surface area contributed by atoms with Crippen molar-refractivity contribution in [3.05, 3.63) is 58.4 Å².